The molecule has 0 aliphatic heterocycles. The lowest BCUT2D eigenvalue weighted by Gasteiger charge is -2.28. The number of carbonyl (C=O) groups is 2. The van der Waals surface area contributed by atoms with E-state index in [4.69, 9.17) is 5.11 Å². The zero-order valence-corrected chi connectivity index (χ0v) is 11.3. The molecule has 0 radical (unpaired) electrons. The first-order chi connectivity index (χ1) is 8.49. The van der Waals surface area contributed by atoms with Crippen LogP contribution < -0.4 is 5.32 Å². The zero-order valence-electron chi connectivity index (χ0n) is 11.3. The second-order valence-corrected chi connectivity index (χ2v) is 5.33. The maximum Gasteiger partial charge on any atom is 0.317 e. The van der Waals surface area contributed by atoms with Gasteiger partial charge in [-0.25, -0.2) is 4.79 Å². The summed E-state index contributed by atoms with van der Waals surface area (Å²) in [5, 5.41) is 11.5. The molecule has 0 aromatic rings. The van der Waals surface area contributed by atoms with Crippen molar-refractivity contribution >= 4 is 12.0 Å². The van der Waals surface area contributed by atoms with Crippen LogP contribution in [-0.4, -0.2) is 41.6 Å². The fraction of sp³-hybridized carbons (Fsp3) is 0.846. The second kappa shape index (κ2) is 7.24. The summed E-state index contributed by atoms with van der Waals surface area (Å²) in [5.74, 6) is -0.0449. The van der Waals surface area contributed by atoms with Gasteiger partial charge in [0.05, 0.1) is 0 Å². The summed E-state index contributed by atoms with van der Waals surface area (Å²) in [4.78, 5) is 23.8. The molecule has 0 aromatic heterocycles. The Morgan fingerprint density at radius 3 is 2.44 bits per heavy atom. The van der Waals surface area contributed by atoms with Crippen LogP contribution in [-0.2, 0) is 4.79 Å². The van der Waals surface area contributed by atoms with Gasteiger partial charge in [0, 0.05) is 26.1 Å². The van der Waals surface area contributed by atoms with E-state index >= 15 is 0 Å². The van der Waals surface area contributed by atoms with Crippen molar-refractivity contribution in [2.45, 2.75) is 51.5 Å². The number of nitrogens with one attached hydrogen (secondary N) is 1. The van der Waals surface area contributed by atoms with E-state index in [-0.39, 0.29) is 18.5 Å². The van der Waals surface area contributed by atoms with Crippen molar-refractivity contribution in [2.24, 2.45) is 5.92 Å². The van der Waals surface area contributed by atoms with E-state index in [9.17, 15) is 9.59 Å². The fourth-order valence-electron chi connectivity index (χ4n) is 2.26. The van der Waals surface area contributed by atoms with Crippen molar-refractivity contribution < 1.29 is 14.7 Å². The highest BCUT2D eigenvalue weighted by molar-refractivity contribution is 5.74. The summed E-state index contributed by atoms with van der Waals surface area (Å²) in [6.45, 7) is 2.73. The third-order valence-electron chi connectivity index (χ3n) is 3.57. The van der Waals surface area contributed by atoms with E-state index in [0.29, 0.717) is 13.0 Å². The molecule has 1 aliphatic rings. The molecule has 2 N–H and O–H groups in total. The van der Waals surface area contributed by atoms with Crippen molar-refractivity contribution in [1.82, 2.24) is 10.2 Å². The molecular formula is C13H24N2O3. The first-order valence-electron chi connectivity index (χ1n) is 6.72. The van der Waals surface area contributed by atoms with Crippen LogP contribution in [0.25, 0.3) is 0 Å². The van der Waals surface area contributed by atoms with Crippen LogP contribution in [0.15, 0.2) is 0 Å². The molecule has 0 saturated heterocycles. The molecule has 0 bridgehead atoms. The van der Waals surface area contributed by atoms with Crippen LogP contribution in [0, 0.1) is 5.92 Å². The molecule has 5 nitrogen and oxygen atoms in total. The van der Waals surface area contributed by atoms with Crippen molar-refractivity contribution in [3.8, 4) is 0 Å². The lowest BCUT2D eigenvalue weighted by molar-refractivity contribution is -0.137. The van der Waals surface area contributed by atoms with E-state index in [1.54, 1.807) is 11.9 Å². The third kappa shape index (κ3) is 5.38. The molecule has 5 heteroatoms. The minimum Gasteiger partial charge on any atom is -0.481 e. The number of carboxylic acids is 1. The Labute approximate surface area is 109 Å². The number of aliphatic carboxylic acids is 1. The largest absolute Gasteiger partial charge is 0.481 e. The lowest BCUT2D eigenvalue weighted by atomic mass is 9.87. The van der Waals surface area contributed by atoms with Gasteiger partial charge in [-0.05, 0) is 38.0 Å². The van der Waals surface area contributed by atoms with E-state index < -0.39 is 5.97 Å². The van der Waals surface area contributed by atoms with Gasteiger partial charge in [0.25, 0.3) is 0 Å². The van der Waals surface area contributed by atoms with E-state index in [0.717, 1.165) is 18.8 Å². The van der Waals surface area contributed by atoms with E-state index in [2.05, 4.69) is 12.2 Å². The predicted molar refractivity (Wildman–Crippen MR) is 69.5 cm³/mol. The van der Waals surface area contributed by atoms with Gasteiger partial charge < -0.3 is 15.3 Å². The zero-order chi connectivity index (χ0) is 13.5. The molecule has 0 aromatic carbocycles. The minimum absolute atomic E-state index is 0.0834. The highest BCUT2D eigenvalue weighted by atomic mass is 16.4. The molecule has 0 atom stereocenters. The summed E-state index contributed by atoms with van der Waals surface area (Å²) in [6.07, 6.45) is 5.06. The highest BCUT2D eigenvalue weighted by Gasteiger charge is 2.20. The Morgan fingerprint density at radius 2 is 1.89 bits per heavy atom. The Balaban J connectivity index is 2.20. The summed E-state index contributed by atoms with van der Waals surface area (Å²) >= 11 is 0. The molecule has 1 rings (SSSR count). The van der Waals surface area contributed by atoms with Crippen LogP contribution in [0.5, 0.6) is 0 Å². The molecular weight excluding hydrogens is 232 g/mol. The first-order valence-corrected chi connectivity index (χ1v) is 6.72. The maximum absolute atomic E-state index is 11.8. The Kier molecular flexibility index (Phi) is 5.95. The Hall–Kier alpha value is -1.26. The van der Waals surface area contributed by atoms with Crippen molar-refractivity contribution in [3.63, 3.8) is 0 Å². The standard InChI is InChI=1S/C13H24N2O3/c1-10-5-7-11(8-6-10)14-13(18)15(2)9-3-4-12(16)17/h10-11H,3-9H2,1-2H3,(H,14,18)(H,16,17). The Bertz CT molecular complexity index is 286. The smallest absolute Gasteiger partial charge is 0.317 e. The van der Waals surface area contributed by atoms with Gasteiger partial charge in [-0.3, -0.25) is 4.79 Å². The van der Waals surface area contributed by atoms with Crippen molar-refractivity contribution in [2.75, 3.05) is 13.6 Å². The molecule has 2 amide bonds. The lowest BCUT2D eigenvalue weighted by Crippen LogP contribution is -2.44. The monoisotopic (exact) mass is 256 g/mol. The summed E-state index contributed by atoms with van der Waals surface area (Å²) in [5.41, 5.74) is 0. The minimum atomic E-state index is -0.815. The van der Waals surface area contributed by atoms with Crippen molar-refractivity contribution in [1.29, 1.82) is 0 Å². The van der Waals surface area contributed by atoms with Gasteiger partial charge in [-0.15, -0.1) is 0 Å². The number of amides is 2. The van der Waals surface area contributed by atoms with Crippen LogP contribution in [0.3, 0.4) is 0 Å². The third-order valence-corrected chi connectivity index (χ3v) is 3.57. The molecule has 1 fully saturated rings. The van der Waals surface area contributed by atoms with E-state index in [1.165, 1.54) is 12.8 Å². The van der Waals surface area contributed by atoms with Gasteiger partial charge in [-0.1, -0.05) is 6.92 Å². The van der Waals surface area contributed by atoms with Gasteiger partial charge in [0.2, 0.25) is 0 Å². The molecule has 0 heterocycles. The van der Waals surface area contributed by atoms with Crippen LogP contribution in [0.4, 0.5) is 4.79 Å². The molecule has 104 valence electrons. The van der Waals surface area contributed by atoms with Gasteiger partial charge >= 0.3 is 12.0 Å². The number of hydrogen-bond donors (Lipinski definition) is 2. The number of nitrogens with zero attached hydrogens (tertiary/aromatic N) is 1. The number of urea groups is 1. The average Bonchev–Trinajstić information content (AvgIpc) is 2.31. The fourth-order valence-corrected chi connectivity index (χ4v) is 2.26. The molecule has 1 saturated carbocycles. The van der Waals surface area contributed by atoms with Gasteiger partial charge in [0.1, 0.15) is 0 Å². The van der Waals surface area contributed by atoms with Crippen molar-refractivity contribution in [3.05, 3.63) is 0 Å². The van der Waals surface area contributed by atoms with Crippen LogP contribution in [0.1, 0.15) is 45.4 Å². The topological polar surface area (TPSA) is 69.6 Å². The predicted octanol–water partition coefficient (Wildman–Crippen LogP) is 2.07. The molecule has 0 unspecified atom stereocenters. The average molecular weight is 256 g/mol. The number of hydrogen-bond acceptors (Lipinski definition) is 2. The number of rotatable bonds is 5. The van der Waals surface area contributed by atoms with Crippen LogP contribution >= 0.6 is 0 Å². The molecule has 0 spiro atoms. The maximum atomic E-state index is 11.8. The van der Waals surface area contributed by atoms with Gasteiger partial charge in [0.15, 0.2) is 0 Å². The SMILES string of the molecule is CC1CCC(NC(=O)N(C)CCCC(=O)O)CC1. The Morgan fingerprint density at radius 1 is 1.28 bits per heavy atom. The molecule has 1 aliphatic carbocycles. The second-order valence-electron chi connectivity index (χ2n) is 5.33. The van der Waals surface area contributed by atoms with E-state index in [1.807, 2.05) is 0 Å². The highest BCUT2D eigenvalue weighted by Crippen LogP contribution is 2.23. The molecule has 18 heavy (non-hydrogen) atoms. The first kappa shape index (κ1) is 14.8. The normalized spacial score (nSPS) is 23.4. The summed E-state index contributed by atoms with van der Waals surface area (Å²) in [6, 6.07) is 0.204. The van der Waals surface area contributed by atoms with Gasteiger partial charge in [-0.2, -0.15) is 0 Å². The summed E-state index contributed by atoms with van der Waals surface area (Å²) in [7, 11) is 1.71. The number of carboxylic acid groups (broad SMARTS) is 1. The van der Waals surface area contributed by atoms with Crippen LogP contribution in [0.2, 0.25) is 0 Å². The number of carbonyl (C=O) groups excluding carboxylic acids is 1. The summed E-state index contributed by atoms with van der Waals surface area (Å²) < 4.78 is 0. The quantitative estimate of drug-likeness (QED) is 0.791.